The van der Waals surface area contributed by atoms with Gasteiger partial charge in [0.25, 0.3) is 0 Å². The molecule has 0 spiro atoms. The van der Waals surface area contributed by atoms with Crippen LogP contribution in [0.2, 0.25) is 0 Å². The molecule has 0 radical (unpaired) electrons. The third-order valence-electron chi connectivity index (χ3n) is 3.18. The van der Waals surface area contributed by atoms with Gasteiger partial charge >= 0.3 is 0 Å². The second kappa shape index (κ2) is 4.66. The van der Waals surface area contributed by atoms with Crippen molar-refractivity contribution in [3.8, 4) is 0 Å². The molecule has 0 bridgehead atoms. The van der Waals surface area contributed by atoms with Crippen LogP contribution >= 0.6 is 0 Å². The lowest BCUT2D eigenvalue weighted by Gasteiger charge is -2.30. The lowest BCUT2D eigenvalue weighted by molar-refractivity contribution is 0.270. The molecule has 1 saturated heterocycles. The number of benzene rings is 1. The molecular weight excluding hydrogens is 236 g/mol. The summed E-state index contributed by atoms with van der Waals surface area (Å²) < 4.78 is 23.2. The number of rotatable bonds is 2. The molecule has 1 heterocycles. The van der Waals surface area contributed by atoms with Crippen LogP contribution in [-0.2, 0) is 16.4 Å². The quantitative estimate of drug-likeness (QED) is 0.796. The molecule has 0 amide bonds. The minimum atomic E-state index is -2.86. The fourth-order valence-electron chi connectivity index (χ4n) is 2.12. The molecule has 5 heteroatoms. The number of hydrogen-bond donors (Lipinski definition) is 1. The Labute approximate surface area is 102 Å². The molecule has 1 fully saturated rings. The summed E-state index contributed by atoms with van der Waals surface area (Å²) in [4.78, 5) is 2.17. The maximum absolute atomic E-state index is 11.6. The topological polar surface area (TPSA) is 63.4 Å². The zero-order chi connectivity index (χ0) is 12.5. The number of nitrogen functional groups attached to an aromatic ring is 1. The summed E-state index contributed by atoms with van der Waals surface area (Å²) >= 11 is 0. The zero-order valence-corrected chi connectivity index (χ0v) is 10.8. The first-order valence-corrected chi connectivity index (χ1v) is 7.47. The predicted molar refractivity (Wildman–Crippen MR) is 69.4 cm³/mol. The van der Waals surface area contributed by atoms with Crippen LogP contribution in [0, 0.1) is 0 Å². The van der Waals surface area contributed by atoms with Gasteiger partial charge in [-0.1, -0.05) is 12.1 Å². The average Bonchev–Trinajstić information content (AvgIpc) is 2.24. The summed E-state index contributed by atoms with van der Waals surface area (Å²) in [6.45, 7) is 3.77. The second-order valence-corrected chi connectivity index (χ2v) is 7.20. The minimum Gasteiger partial charge on any atom is -0.399 e. The van der Waals surface area contributed by atoms with Crippen LogP contribution in [0.3, 0.4) is 0 Å². The zero-order valence-electron chi connectivity index (χ0n) is 9.96. The molecule has 94 valence electrons. The van der Waals surface area contributed by atoms with Gasteiger partial charge in [-0.05, 0) is 24.6 Å². The van der Waals surface area contributed by atoms with E-state index in [4.69, 9.17) is 5.73 Å². The van der Waals surface area contributed by atoms with E-state index in [1.807, 2.05) is 24.3 Å². The van der Waals surface area contributed by atoms with Crippen molar-refractivity contribution in [2.75, 3.05) is 24.6 Å². The Morgan fingerprint density at radius 2 is 2.24 bits per heavy atom. The van der Waals surface area contributed by atoms with Gasteiger partial charge < -0.3 is 5.73 Å². The van der Waals surface area contributed by atoms with E-state index in [0.29, 0.717) is 13.1 Å². The fraction of sp³-hybridized carbons (Fsp3) is 0.500. The molecule has 2 N–H and O–H groups in total. The number of nitrogens with zero attached hydrogens (tertiary/aromatic N) is 1. The van der Waals surface area contributed by atoms with E-state index in [2.05, 4.69) is 4.90 Å². The molecule has 2 rings (SSSR count). The van der Waals surface area contributed by atoms with Gasteiger partial charge in [-0.2, -0.15) is 0 Å². The summed E-state index contributed by atoms with van der Waals surface area (Å²) in [5.41, 5.74) is 7.61. The van der Waals surface area contributed by atoms with Crippen molar-refractivity contribution in [1.82, 2.24) is 4.90 Å². The molecule has 0 aliphatic carbocycles. The molecular formula is C12H18N2O2S. The van der Waals surface area contributed by atoms with Crippen molar-refractivity contribution in [2.24, 2.45) is 0 Å². The molecule has 0 saturated carbocycles. The van der Waals surface area contributed by atoms with Gasteiger partial charge in [-0.25, -0.2) is 8.42 Å². The van der Waals surface area contributed by atoms with Crippen molar-refractivity contribution in [3.63, 3.8) is 0 Å². The highest BCUT2D eigenvalue weighted by atomic mass is 32.2. The largest absolute Gasteiger partial charge is 0.399 e. The van der Waals surface area contributed by atoms with Crippen LogP contribution in [0.15, 0.2) is 24.3 Å². The first-order valence-electron chi connectivity index (χ1n) is 5.76. The molecule has 4 nitrogen and oxygen atoms in total. The Morgan fingerprint density at radius 3 is 2.88 bits per heavy atom. The van der Waals surface area contributed by atoms with Crippen LogP contribution in [-0.4, -0.2) is 37.4 Å². The molecule has 1 aliphatic rings. The average molecular weight is 254 g/mol. The fourth-order valence-corrected chi connectivity index (χ4v) is 3.47. The van der Waals surface area contributed by atoms with Gasteiger partial charge in [0.1, 0.15) is 0 Å². The predicted octanol–water partition coefficient (Wildman–Crippen LogP) is 0.888. The highest BCUT2D eigenvalue weighted by Gasteiger charge is 2.28. The number of hydrogen-bond acceptors (Lipinski definition) is 4. The standard InChI is InChI=1S/C12H18N2O2S/c1-10-8-14(5-6-17(10,15)16)9-11-3-2-4-12(13)7-11/h2-4,7,10H,5-6,8-9,13H2,1H3. The second-order valence-electron chi connectivity index (χ2n) is 4.66. The van der Waals surface area contributed by atoms with Crippen molar-refractivity contribution in [2.45, 2.75) is 18.7 Å². The Balaban J connectivity index is 2.02. The lowest BCUT2D eigenvalue weighted by Crippen LogP contribution is -2.44. The van der Waals surface area contributed by atoms with Gasteiger partial charge in [0.15, 0.2) is 9.84 Å². The molecule has 17 heavy (non-hydrogen) atoms. The van der Waals surface area contributed by atoms with Crippen LogP contribution in [0.25, 0.3) is 0 Å². The SMILES string of the molecule is CC1CN(Cc2cccc(N)c2)CCS1(=O)=O. The number of sulfone groups is 1. The van der Waals surface area contributed by atoms with E-state index in [0.717, 1.165) is 17.8 Å². The van der Waals surface area contributed by atoms with Crippen LogP contribution in [0.1, 0.15) is 12.5 Å². The molecule has 0 aromatic heterocycles. The molecule has 1 aliphatic heterocycles. The van der Waals surface area contributed by atoms with E-state index >= 15 is 0 Å². The number of anilines is 1. The van der Waals surface area contributed by atoms with E-state index in [-0.39, 0.29) is 11.0 Å². The normalized spacial score (nSPS) is 24.6. The summed E-state index contributed by atoms with van der Waals surface area (Å²) in [6, 6.07) is 7.74. The summed E-state index contributed by atoms with van der Waals surface area (Å²) in [5.74, 6) is 0.260. The summed E-state index contributed by atoms with van der Waals surface area (Å²) in [7, 11) is -2.86. The Kier molecular flexibility index (Phi) is 3.40. The van der Waals surface area contributed by atoms with Crippen molar-refractivity contribution in [1.29, 1.82) is 0 Å². The van der Waals surface area contributed by atoms with Crippen LogP contribution in [0.5, 0.6) is 0 Å². The molecule has 1 unspecified atom stereocenters. The van der Waals surface area contributed by atoms with Crippen molar-refractivity contribution in [3.05, 3.63) is 29.8 Å². The summed E-state index contributed by atoms with van der Waals surface area (Å²) in [5, 5.41) is -0.266. The smallest absolute Gasteiger partial charge is 0.155 e. The third kappa shape index (κ3) is 2.98. The van der Waals surface area contributed by atoms with Crippen LogP contribution < -0.4 is 5.73 Å². The maximum Gasteiger partial charge on any atom is 0.155 e. The third-order valence-corrected chi connectivity index (χ3v) is 5.30. The molecule has 1 aromatic rings. The van der Waals surface area contributed by atoms with Crippen LogP contribution in [0.4, 0.5) is 5.69 Å². The minimum absolute atomic E-state index is 0.260. The molecule has 1 aromatic carbocycles. The van der Waals surface area contributed by atoms with E-state index in [1.165, 1.54) is 0 Å². The Hall–Kier alpha value is -1.07. The van der Waals surface area contributed by atoms with E-state index in [9.17, 15) is 8.42 Å². The molecule has 1 atom stereocenters. The first kappa shape index (κ1) is 12.4. The Bertz CT molecular complexity index is 499. The lowest BCUT2D eigenvalue weighted by atomic mass is 10.2. The highest BCUT2D eigenvalue weighted by Crippen LogP contribution is 2.16. The van der Waals surface area contributed by atoms with Crippen molar-refractivity contribution < 1.29 is 8.42 Å². The Morgan fingerprint density at radius 1 is 1.47 bits per heavy atom. The first-order chi connectivity index (χ1) is 7.97. The van der Waals surface area contributed by atoms with Gasteiger partial charge in [-0.3, -0.25) is 4.90 Å². The maximum atomic E-state index is 11.6. The summed E-state index contributed by atoms with van der Waals surface area (Å²) in [6.07, 6.45) is 0. The number of nitrogens with two attached hydrogens (primary N) is 1. The van der Waals surface area contributed by atoms with E-state index < -0.39 is 9.84 Å². The highest BCUT2D eigenvalue weighted by molar-refractivity contribution is 7.92. The van der Waals surface area contributed by atoms with Gasteiger partial charge in [0.2, 0.25) is 0 Å². The van der Waals surface area contributed by atoms with Gasteiger partial charge in [0.05, 0.1) is 11.0 Å². The van der Waals surface area contributed by atoms with Gasteiger partial charge in [0, 0.05) is 25.3 Å². The van der Waals surface area contributed by atoms with E-state index in [1.54, 1.807) is 6.92 Å². The van der Waals surface area contributed by atoms with Crippen molar-refractivity contribution >= 4 is 15.5 Å². The monoisotopic (exact) mass is 254 g/mol. The van der Waals surface area contributed by atoms with Gasteiger partial charge in [-0.15, -0.1) is 0 Å².